The molecular formula is C26H32ClN3O3. The molecule has 33 heavy (non-hydrogen) atoms. The quantitative estimate of drug-likeness (QED) is 0.591. The lowest BCUT2D eigenvalue weighted by molar-refractivity contribution is -0.138. The Bertz CT molecular complexity index is 1100. The Morgan fingerprint density at radius 1 is 1.18 bits per heavy atom. The number of likely N-dealkylation sites (tertiary alicyclic amines) is 1. The molecule has 0 saturated carbocycles. The first-order valence-electron chi connectivity index (χ1n) is 11.9. The molecule has 0 amide bonds. The molecule has 4 rings (SSSR count). The van der Waals surface area contributed by atoms with Crippen LogP contribution in [0.4, 0.5) is 5.69 Å². The number of rotatable bonds is 7. The van der Waals surface area contributed by atoms with Crippen LogP contribution in [-0.4, -0.2) is 41.7 Å². The number of carbonyl (C=O) groups excluding carboxylic acids is 1. The minimum Gasteiger partial charge on any atom is -0.463 e. The first-order valence-corrected chi connectivity index (χ1v) is 12.2. The second kappa shape index (κ2) is 10.6. The second-order valence-electron chi connectivity index (χ2n) is 8.77. The highest BCUT2D eigenvalue weighted by Crippen LogP contribution is 2.41. The van der Waals surface area contributed by atoms with Crippen molar-refractivity contribution in [1.82, 2.24) is 9.47 Å². The van der Waals surface area contributed by atoms with E-state index < -0.39 is 11.9 Å². The zero-order valence-corrected chi connectivity index (χ0v) is 20.2. The van der Waals surface area contributed by atoms with Crippen molar-refractivity contribution in [3.63, 3.8) is 0 Å². The fourth-order valence-corrected chi connectivity index (χ4v) is 5.13. The van der Waals surface area contributed by atoms with Gasteiger partial charge in [-0.2, -0.15) is 0 Å². The number of fused-ring (bicyclic) bond motifs is 1. The molecule has 1 aromatic carbocycles. The zero-order valence-electron chi connectivity index (χ0n) is 19.4. The molecule has 1 saturated heterocycles. The van der Waals surface area contributed by atoms with Gasteiger partial charge in [0.1, 0.15) is 0 Å². The van der Waals surface area contributed by atoms with Crippen molar-refractivity contribution in [3.05, 3.63) is 74.3 Å². The van der Waals surface area contributed by atoms with Crippen molar-refractivity contribution in [1.29, 1.82) is 0 Å². The van der Waals surface area contributed by atoms with Crippen LogP contribution in [0.25, 0.3) is 0 Å². The number of anilines is 1. The van der Waals surface area contributed by atoms with Gasteiger partial charge in [-0.1, -0.05) is 30.2 Å². The van der Waals surface area contributed by atoms with E-state index in [0.29, 0.717) is 28.4 Å². The van der Waals surface area contributed by atoms with Crippen LogP contribution in [0.5, 0.6) is 0 Å². The van der Waals surface area contributed by atoms with Crippen molar-refractivity contribution in [2.75, 3.05) is 31.6 Å². The third kappa shape index (κ3) is 5.17. The molecule has 2 aliphatic heterocycles. The van der Waals surface area contributed by atoms with Crippen molar-refractivity contribution in [2.45, 2.75) is 52.0 Å². The van der Waals surface area contributed by atoms with Crippen molar-refractivity contribution in [2.24, 2.45) is 0 Å². The van der Waals surface area contributed by atoms with E-state index >= 15 is 0 Å². The standard InChI is InChI=1S/C26H32ClN3O3/c1-3-33-26(32)22-18(2)28-21-11-16-30(15-8-14-29-12-5-4-6-13-29)25(31)24(21)23(22)19-9-7-10-20(27)17-19/h7,9-11,16-17,23,28H,3-6,8,12-15H2,1-2H3. The highest BCUT2D eigenvalue weighted by atomic mass is 35.5. The number of ether oxygens (including phenoxy) is 1. The van der Waals surface area contributed by atoms with Crippen LogP contribution >= 0.6 is 11.6 Å². The topological polar surface area (TPSA) is 63.6 Å². The van der Waals surface area contributed by atoms with Crippen LogP contribution in [0.3, 0.4) is 0 Å². The highest BCUT2D eigenvalue weighted by molar-refractivity contribution is 6.30. The summed E-state index contributed by atoms with van der Waals surface area (Å²) in [6.45, 7) is 7.81. The minimum absolute atomic E-state index is 0.0853. The van der Waals surface area contributed by atoms with E-state index in [2.05, 4.69) is 10.2 Å². The number of carbonyl (C=O) groups is 1. The Balaban J connectivity index is 1.69. The largest absolute Gasteiger partial charge is 0.463 e. The van der Waals surface area contributed by atoms with Crippen LogP contribution in [0.15, 0.2) is 52.6 Å². The lowest BCUT2D eigenvalue weighted by Crippen LogP contribution is -2.34. The number of nitrogens with one attached hydrogen (secondary N) is 1. The number of pyridine rings is 1. The van der Waals surface area contributed by atoms with E-state index in [4.69, 9.17) is 16.3 Å². The van der Waals surface area contributed by atoms with E-state index in [-0.39, 0.29) is 12.2 Å². The van der Waals surface area contributed by atoms with Crippen molar-refractivity contribution < 1.29 is 9.53 Å². The molecule has 0 bridgehead atoms. The van der Waals surface area contributed by atoms with Gasteiger partial charge < -0.3 is 19.5 Å². The summed E-state index contributed by atoms with van der Waals surface area (Å²) < 4.78 is 7.14. The maximum Gasteiger partial charge on any atom is 0.336 e. The van der Waals surface area contributed by atoms with Crippen LogP contribution in [0.1, 0.15) is 56.6 Å². The van der Waals surface area contributed by atoms with Crippen LogP contribution in [0, 0.1) is 0 Å². The summed E-state index contributed by atoms with van der Waals surface area (Å²) in [6, 6.07) is 9.29. The third-order valence-corrected chi connectivity index (χ3v) is 6.74. The number of nitrogens with zero attached hydrogens (tertiary/aromatic N) is 2. The molecule has 1 N–H and O–H groups in total. The minimum atomic E-state index is -0.541. The third-order valence-electron chi connectivity index (χ3n) is 6.51. The van der Waals surface area contributed by atoms with Crippen molar-refractivity contribution in [3.8, 4) is 0 Å². The van der Waals surface area contributed by atoms with E-state index in [9.17, 15) is 9.59 Å². The number of hydrogen-bond acceptors (Lipinski definition) is 5. The normalized spacial score (nSPS) is 18.6. The van der Waals surface area contributed by atoms with Gasteiger partial charge in [0.05, 0.1) is 23.7 Å². The van der Waals surface area contributed by atoms with Gasteiger partial charge in [-0.05, 0) is 76.5 Å². The molecule has 7 heteroatoms. The van der Waals surface area contributed by atoms with Crippen LogP contribution in [-0.2, 0) is 16.1 Å². The average Bonchev–Trinajstić information content (AvgIpc) is 2.80. The fourth-order valence-electron chi connectivity index (χ4n) is 4.93. The number of esters is 1. The van der Waals surface area contributed by atoms with E-state index in [1.54, 1.807) is 17.6 Å². The number of aryl methyl sites for hydroxylation is 1. The average molecular weight is 470 g/mol. The Kier molecular flexibility index (Phi) is 7.56. The summed E-state index contributed by atoms with van der Waals surface area (Å²) in [4.78, 5) is 29.1. The number of allylic oxidation sites excluding steroid dienone is 1. The van der Waals surface area contributed by atoms with Crippen LogP contribution < -0.4 is 10.9 Å². The Morgan fingerprint density at radius 3 is 2.70 bits per heavy atom. The predicted octanol–water partition coefficient (Wildman–Crippen LogP) is 4.77. The molecule has 1 unspecified atom stereocenters. The van der Waals surface area contributed by atoms with E-state index in [1.807, 2.05) is 37.4 Å². The summed E-state index contributed by atoms with van der Waals surface area (Å²) in [7, 11) is 0. The van der Waals surface area contributed by atoms with Gasteiger partial charge in [-0.15, -0.1) is 0 Å². The molecule has 0 aliphatic carbocycles. The number of hydrogen-bond donors (Lipinski definition) is 1. The Hall–Kier alpha value is -2.57. The summed E-state index contributed by atoms with van der Waals surface area (Å²) in [5, 5.41) is 3.83. The Morgan fingerprint density at radius 2 is 1.97 bits per heavy atom. The molecule has 2 aliphatic rings. The molecule has 1 fully saturated rings. The molecule has 1 atom stereocenters. The number of piperidine rings is 1. The molecule has 3 heterocycles. The smallest absolute Gasteiger partial charge is 0.336 e. The number of halogens is 1. The first-order chi connectivity index (χ1) is 16.0. The highest BCUT2D eigenvalue weighted by Gasteiger charge is 2.35. The van der Waals surface area contributed by atoms with Crippen molar-refractivity contribution >= 4 is 23.3 Å². The lowest BCUT2D eigenvalue weighted by atomic mass is 9.81. The summed E-state index contributed by atoms with van der Waals surface area (Å²) in [5.74, 6) is -0.959. The first kappa shape index (κ1) is 23.6. The summed E-state index contributed by atoms with van der Waals surface area (Å²) in [6.07, 6.45) is 6.59. The van der Waals surface area contributed by atoms with Gasteiger partial charge in [0, 0.05) is 29.1 Å². The molecule has 6 nitrogen and oxygen atoms in total. The number of aromatic nitrogens is 1. The molecule has 0 spiro atoms. The van der Waals surface area contributed by atoms with Gasteiger partial charge in [0.15, 0.2) is 0 Å². The Labute approximate surface area is 200 Å². The SMILES string of the molecule is CCOC(=O)C1=C(C)Nc2ccn(CCCN3CCCCC3)c(=O)c2C1c1cccc(Cl)c1. The zero-order chi connectivity index (χ0) is 23.4. The molecular weight excluding hydrogens is 438 g/mol. The van der Waals surface area contributed by atoms with Gasteiger partial charge in [-0.3, -0.25) is 4.79 Å². The van der Waals surface area contributed by atoms with E-state index in [0.717, 1.165) is 37.3 Å². The molecule has 0 radical (unpaired) electrons. The van der Waals surface area contributed by atoms with Gasteiger partial charge in [0.2, 0.25) is 0 Å². The monoisotopic (exact) mass is 469 g/mol. The predicted molar refractivity (Wildman–Crippen MR) is 132 cm³/mol. The lowest BCUT2D eigenvalue weighted by Gasteiger charge is -2.30. The summed E-state index contributed by atoms with van der Waals surface area (Å²) in [5.41, 5.74) is 3.14. The van der Waals surface area contributed by atoms with Crippen LogP contribution in [0.2, 0.25) is 5.02 Å². The molecule has 2 aromatic rings. The fraction of sp³-hybridized carbons (Fsp3) is 0.462. The molecule has 1 aromatic heterocycles. The molecule has 176 valence electrons. The second-order valence-corrected chi connectivity index (χ2v) is 9.21. The maximum atomic E-state index is 13.7. The van der Waals surface area contributed by atoms with Gasteiger partial charge in [0.25, 0.3) is 5.56 Å². The number of benzene rings is 1. The maximum absolute atomic E-state index is 13.7. The van der Waals surface area contributed by atoms with Gasteiger partial charge in [-0.25, -0.2) is 4.79 Å². The summed E-state index contributed by atoms with van der Waals surface area (Å²) >= 11 is 6.29. The van der Waals surface area contributed by atoms with E-state index in [1.165, 1.54) is 19.3 Å². The van der Waals surface area contributed by atoms with Gasteiger partial charge >= 0.3 is 5.97 Å².